The highest BCUT2D eigenvalue weighted by Crippen LogP contribution is 2.88. The number of allylic oxidation sites excluding steroid dienone is 1. The number of alkyl halides is 2. The molecule has 62 heavy (non-hydrogen) atoms. The maximum Gasteiger partial charge on any atom is 0.303 e. The van der Waals surface area contributed by atoms with Gasteiger partial charge >= 0.3 is 10.2 Å². The second-order valence-corrected chi connectivity index (χ2v) is 22.5. The first-order chi connectivity index (χ1) is 29.5. The van der Waals surface area contributed by atoms with Crippen LogP contribution in [0.4, 0.5) is 8.78 Å². The number of Topliss-reactive ketones (excluding diaryl/α,β-unsaturated/α-hetero) is 2. The number of ether oxygens (including phenoxy) is 1. The smallest absolute Gasteiger partial charge is 0.303 e. The predicted molar refractivity (Wildman–Crippen MR) is 227 cm³/mol. The van der Waals surface area contributed by atoms with Crippen molar-refractivity contribution in [3.05, 3.63) is 12.7 Å². The van der Waals surface area contributed by atoms with E-state index < -0.39 is 70.4 Å². The van der Waals surface area contributed by atoms with Gasteiger partial charge in [-0.15, -0.1) is 6.58 Å². The standard InChI is InChI=1S/C46H69F2N5O8S/c1-4-32-25-44(32,42(58)50-62(59,60)52-20-8-9-21-52)27-37(55)35-26-46(43(2,3)45(46)17-11-18-45)29-53(35)41(57)33(30-15-22-61-23-16-30)24-36(54)39(31-12-6-5-7-13-31)49-40(56)34-14-10-19-51(34)28-38(47)48/h4,30-35,38-39H,1,5-29H2,2-3H3,(H,49,56)(H,50,58)/t32-,33+,34+,35+,39?,44-,46-/m1/s1. The van der Waals surface area contributed by atoms with Crippen molar-refractivity contribution < 1.29 is 45.9 Å². The molecule has 2 N–H and O–H groups in total. The molecule has 7 atom stereocenters. The number of rotatable bonds is 17. The average Bonchev–Trinajstić information content (AvgIpc) is 3.62. The molecule has 4 saturated heterocycles. The van der Waals surface area contributed by atoms with Gasteiger partial charge in [0.15, 0.2) is 11.6 Å². The third-order valence-corrected chi connectivity index (χ3v) is 19.3. The molecule has 8 fully saturated rings. The van der Waals surface area contributed by atoms with Crippen LogP contribution >= 0.6 is 0 Å². The zero-order valence-electron chi connectivity index (χ0n) is 36.9. The van der Waals surface area contributed by atoms with Crippen molar-refractivity contribution in [2.45, 2.75) is 154 Å². The maximum absolute atomic E-state index is 15.5. The molecular formula is C46H69F2N5O8S. The number of ketones is 2. The average molecular weight is 890 g/mol. The minimum Gasteiger partial charge on any atom is -0.381 e. The van der Waals surface area contributed by atoms with Gasteiger partial charge in [0.2, 0.25) is 17.7 Å². The topological polar surface area (TPSA) is 162 Å². The van der Waals surface area contributed by atoms with Crippen LogP contribution < -0.4 is 10.0 Å². The van der Waals surface area contributed by atoms with Crippen LogP contribution in [0.15, 0.2) is 12.7 Å². The van der Waals surface area contributed by atoms with Crippen LogP contribution in [0.5, 0.6) is 0 Å². The Morgan fingerprint density at radius 2 is 1.53 bits per heavy atom. The molecule has 0 radical (unpaired) electrons. The summed E-state index contributed by atoms with van der Waals surface area (Å²) < 4.78 is 62.8. The molecule has 13 nitrogen and oxygen atoms in total. The van der Waals surface area contributed by atoms with E-state index in [0.29, 0.717) is 84.3 Å². The molecule has 8 rings (SSSR count). The van der Waals surface area contributed by atoms with Gasteiger partial charge in [0.1, 0.15) is 0 Å². The number of nitrogens with zero attached hydrogens (tertiary/aromatic N) is 3. The van der Waals surface area contributed by atoms with E-state index in [-0.39, 0.29) is 64.8 Å². The van der Waals surface area contributed by atoms with Crippen LogP contribution in [0.2, 0.25) is 0 Å². The number of nitrogens with one attached hydrogen (secondary N) is 2. The fourth-order valence-electron chi connectivity index (χ4n) is 13.8. The molecule has 4 heterocycles. The van der Waals surface area contributed by atoms with Crippen molar-refractivity contribution in [2.24, 2.45) is 45.3 Å². The van der Waals surface area contributed by atoms with Gasteiger partial charge in [0, 0.05) is 57.0 Å². The van der Waals surface area contributed by atoms with Gasteiger partial charge in [-0.05, 0) is 112 Å². The van der Waals surface area contributed by atoms with E-state index in [1.165, 1.54) is 9.21 Å². The Labute approximate surface area is 366 Å². The SMILES string of the molecule is C=C[C@@H]1C[C@]1(CC(=O)[C@@H]1C[C@@]2(CN1C(=O)[C@@H](CC(=O)C(NC(=O)[C@@H]1CCCN1CC(F)F)C1CCCCC1)C1CCOCC1)C(C)(C)C21CCC1)C(=O)NS(=O)(=O)N1CCCC1. The molecular weight excluding hydrogens is 821 g/mol. The number of fused-ring (bicyclic) bond motifs is 1. The molecule has 0 bridgehead atoms. The van der Waals surface area contributed by atoms with E-state index in [2.05, 4.69) is 30.5 Å². The molecule has 2 spiro atoms. The van der Waals surface area contributed by atoms with Crippen molar-refractivity contribution in [1.82, 2.24) is 24.1 Å². The first-order valence-corrected chi connectivity index (χ1v) is 25.2. The van der Waals surface area contributed by atoms with Crippen LogP contribution in [0, 0.1) is 45.3 Å². The van der Waals surface area contributed by atoms with Crippen LogP contribution in [-0.4, -0.2) is 122 Å². The summed E-state index contributed by atoms with van der Waals surface area (Å²) in [6, 6.07) is -2.47. The lowest BCUT2D eigenvalue weighted by molar-refractivity contribution is -0.146. The zero-order valence-corrected chi connectivity index (χ0v) is 37.7. The number of halogens is 2. The first-order valence-electron chi connectivity index (χ1n) is 23.7. The highest BCUT2D eigenvalue weighted by molar-refractivity contribution is 7.87. The highest BCUT2D eigenvalue weighted by Gasteiger charge is 2.85. The second-order valence-electron chi connectivity index (χ2n) is 20.9. The summed E-state index contributed by atoms with van der Waals surface area (Å²) in [4.78, 5) is 76.5. The molecule has 3 amide bonds. The van der Waals surface area contributed by atoms with Gasteiger partial charge in [-0.3, -0.25) is 28.9 Å². The monoisotopic (exact) mass is 889 g/mol. The Balaban J connectivity index is 1.07. The molecule has 8 aliphatic rings. The second kappa shape index (κ2) is 17.5. The van der Waals surface area contributed by atoms with Gasteiger partial charge in [0.05, 0.1) is 30.1 Å². The number of hydrogen-bond donors (Lipinski definition) is 2. The van der Waals surface area contributed by atoms with Crippen molar-refractivity contribution in [2.75, 3.05) is 45.9 Å². The number of hydrogen-bond acceptors (Lipinski definition) is 9. The third kappa shape index (κ3) is 8.00. The maximum atomic E-state index is 15.5. The van der Waals surface area contributed by atoms with E-state index >= 15 is 4.79 Å². The number of likely N-dealkylation sites (tertiary alicyclic amines) is 2. The van der Waals surface area contributed by atoms with E-state index in [0.717, 1.165) is 51.4 Å². The Morgan fingerprint density at radius 3 is 2.13 bits per heavy atom. The summed E-state index contributed by atoms with van der Waals surface area (Å²) in [5, 5.41) is 3.05. The molecule has 4 aliphatic carbocycles. The Morgan fingerprint density at radius 1 is 0.839 bits per heavy atom. The molecule has 4 saturated carbocycles. The van der Waals surface area contributed by atoms with E-state index in [1.54, 1.807) is 11.0 Å². The molecule has 0 aromatic heterocycles. The number of carbonyl (C=O) groups is 5. The summed E-state index contributed by atoms with van der Waals surface area (Å²) in [7, 11) is -4.10. The Bertz CT molecular complexity index is 1880. The molecule has 1 unspecified atom stereocenters. The van der Waals surface area contributed by atoms with Gasteiger partial charge < -0.3 is 15.0 Å². The van der Waals surface area contributed by atoms with E-state index in [1.807, 2.05) is 0 Å². The molecule has 346 valence electrons. The van der Waals surface area contributed by atoms with Crippen molar-refractivity contribution in [3.63, 3.8) is 0 Å². The summed E-state index contributed by atoms with van der Waals surface area (Å²) >= 11 is 0. The van der Waals surface area contributed by atoms with Crippen LogP contribution in [0.3, 0.4) is 0 Å². The summed E-state index contributed by atoms with van der Waals surface area (Å²) in [6.07, 6.45) is 10.3. The molecule has 0 aromatic carbocycles. The quantitative estimate of drug-likeness (QED) is 0.187. The third-order valence-electron chi connectivity index (χ3n) is 17.8. The van der Waals surface area contributed by atoms with Crippen molar-refractivity contribution >= 4 is 39.5 Å². The number of carbonyl (C=O) groups excluding carboxylic acids is 5. The van der Waals surface area contributed by atoms with Gasteiger partial charge in [-0.1, -0.05) is 45.6 Å². The lowest BCUT2D eigenvalue weighted by Gasteiger charge is -2.36. The van der Waals surface area contributed by atoms with Crippen LogP contribution in [-0.2, 0) is 38.9 Å². The molecule has 4 aliphatic heterocycles. The predicted octanol–water partition coefficient (Wildman–Crippen LogP) is 5.19. The fraction of sp³-hybridized carbons (Fsp3) is 0.848. The normalized spacial score (nSPS) is 33.3. The fourth-order valence-corrected chi connectivity index (χ4v) is 15.1. The van der Waals surface area contributed by atoms with Gasteiger partial charge in [-0.25, -0.2) is 13.5 Å². The Kier molecular flexibility index (Phi) is 12.9. The van der Waals surface area contributed by atoms with Gasteiger partial charge in [-0.2, -0.15) is 12.7 Å². The lowest BCUT2D eigenvalue weighted by atomic mass is 9.73. The molecule has 0 aromatic rings. The van der Waals surface area contributed by atoms with Crippen molar-refractivity contribution in [3.8, 4) is 0 Å². The largest absolute Gasteiger partial charge is 0.381 e. The number of amides is 3. The van der Waals surface area contributed by atoms with E-state index in [4.69, 9.17) is 4.74 Å². The lowest BCUT2D eigenvalue weighted by Crippen LogP contribution is -2.54. The highest BCUT2D eigenvalue weighted by atomic mass is 32.2. The van der Waals surface area contributed by atoms with E-state index in [9.17, 15) is 36.4 Å². The summed E-state index contributed by atoms with van der Waals surface area (Å²) in [5.74, 6) is -3.46. The van der Waals surface area contributed by atoms with Crippen LogP contribution in [0.25, 0.3) is 0 Å². The first kappa shape index (κ1) is 45.7. The zero-order chi connectivity index (χ0) is 44.2. The van der Waals surface area contributed by atoms with Gasteiger partial charge in [0.25, 0.3) is 6.43 Å². The summed E-state index contributed by atoms with van der Waals surface area (Å²) in [5.41, 5.74) is -1.78. The summed E-state index contributed by atoms with van der Waals surface area (Å²) in [6.45, 7) is 10.1. The van der Waals surface area contributed by atoms with Crippen LogP contribution in [0.1, 0.15) is 129 Å². The van der Waals surface area contributed by atoms with Crippen molar-refractivity contribution in [1.29, 1.82) is 0 Å². The minimum absolute atomic E-state index is 0.0194. The molecule has 16 heteroatoms. The minimum atomic E-state index is -4.10. The Hall–Kier alpha value is -2.82.